The summed E-state index contributed by atoms with van der Waals surface area (Å²) >= 11 is 5.30. The molecular formula is C8H6ClNO2. The van der Waals surface area contributed by atoms with E-state index in [1.807, 2.05) is 0 Å². The molecule has 0 heterocycles. The van der Waals surface area contributed by atoms with E-state index in [1.165, 1.54) is 0 Å². The van der Waals surface area contributed by atoms with Crippen molar-refractivity contribution in [1.82, 2.24) is 0 Å². The number of benzene rings is 1. The molecule has 12 heavy (non-hydrogen) atoms. The zero-order valence-electron chi connectivity index (χ0n) is 6.07. The van der Waals surface area contributed by atoms with E-state index in [-0.39, 0.29) is 0 Å². The summed E-state index contributed by atoms with van der Waals surface area (Å²) in [6, 6.07) is 8.37. The first kappa shape index (κ1) is 8.74. The number of nitrogens with zero attached hydrogens (tertiary/aromatic N) is 1. The molecule has 0 aliphatic rings. The monoisotopic (exact) mass is 183 g/mol. The first-order valence-electron chi connectivity index (χ1n) is 3.23. The van der Waals surface area contributed by atoms with Gasteiger partial charge in [0.15, 0.2) is 0 Å². The molecule has 1 aromatic carbocycles. The van der Waals surface area contributed by atoms with Crippen LogP contribution in [0.4, 0.5) is 0 Å². The average Bonchev–Trinajstić information content (AvgIpc) is 2.17. The lowest BCUT2D eigenvalue weighted by Crippen LogP contribution is -2.07. The van der Waals surface area contributed by atoms with Gasteiger partial charge in [0.25, 0.3) is 0 Å². The summed E-state index contributed by atoms with van der Waals surface area (Å²) in [4.78, 5) is 11.2. The van der Waals surface area contributed by atoms with Crippen LogP contribution in [0.25, 0.3) is 0 Å². The molecule has 1 aromatic rings. The van der Waals surface area contributed by atoms with Gasteiger partial charge in [0.05, 0.1) is 0 Å². The Morgan fingerprint density at radius 1 is 1.33 bits per heavy atom. The summed E-state index contributed by atoms with van der Waals surface area (Å²) < 4.78 is 0. The standard InChI is InChI=1S/C8H6ClNO2/c9-8(10-12)7(11)6-4-2-1-3-5-6/h1-5,12H. The van der Waals surface area contributed by atoms with Crippen LogP contribution in [0, 0.1) is 0 Å². The molecule has 0 spiro atoms. The van der Waals surface area contributed by atoms with E-state index in [4.69, 9.17) is 16.8 Å². The minimum absolute atomic E-state index is 0.403. The normalized spacial score (nSPS) is 11.2. The fraction of sp³-hybridized carbons (Fsp3) is 0. The van der Waals surface area contributed by atoms with Crippen LogP contribution in [0.5, 0.6) is 0 Å². The highest BCUT2D eigenvalue weighted by Crippen LogP contribution is 2.03. The van der Waals surface area contributed by atoms with E-state index >= 15 is 0 Å². The highest BCUT2D eigenvalue weighted by atomic mass is 35.5. The number of carbonyl (C=O) groups excluding carboxylic acids is 1. The average molecular weight is 184 g/mol. The molecule has 0 aromatic heterocycles. The summed E-state index contributed by atoms with van der Waals surface area (Å²) in [6.45, 7) is 0. The maximum Gasteiger partial charge on any atom is 0.226 e. The Hall–Kier alpha value is -1.35. The zero-order chi connectivity index (χ0) is 8.97. The molecule has 0 bridgehead atoms. The Morgan fingerprint density at radius 3 is 2.42 bits per heavy atom. The highest BCUT2D eigenvalue weighted by Gasteiger charge is 2.10. The summed E-state index contributed by atoms with van der Waals surface area (Å²) in [7, 11) is 0. The molecule has 3 nitrogen and oxygen atoms in total. The predicted molar refractivity (Wildman–Crippen MR) is 45.8 cm³/mol. The van der Waals surface area contributed by atoms with Crippen molar-refractivity contribution >= 4 is 22.6 Å². The summed E-state index contributed by atoms with van der Waals surface area (Å²) in [6.07, 6.45) is 0. The van der Waals surface area contributed by atoms with Gasteiger partial charge < -0.3 is 5.21 Å². The minimum Gasteiger partial charge on any atom is -0.410 e. The number of hydrogen-bond donors (Lipinski definition) is 1. The maximum absolute atomic E-state index is 11.2. The molecule has 0 atom stereocenters. The van der Waals surface area contributed by atoms with E-state index in [0.717, 1.165) is 0 Å². The third-order valence-electron chi connectivity index (χ3n) is 1.31. The Bertz CT molecular complexity index is 308. The van der Waals surface area contributed by atoms with Gasteiger partial charge >= 0.3 is 0 Å². The lowest BCUT2D eigenvalue weighted by molar-refractivity contribution is 0.106. The van der Waals surface area contributed by atoms with Crippen molar-refractivity contribution in [2.75, 3.05) is 0 Å². The SMILES string of the molecule is O=C(C(Cl)=NO)c1ccccc1. The highest BCUT2D eigenvalue weighted by molar-refractivity contribution is 6.84. The van der Waals surface area contributed by atoms with Crippen LogP contribution in [-0.4, -0.2) is 16.2 Å². The van der Waals surface area contributed by atoms with E-state index in [0.29, 0.717) is 5.56 Å². The Balaban J connectivity index is 2.94. The van der Waals surface area contributed by atoms with E-state index in [2.05, 4.69) is 5.16 Å². The van der Waals surface area contributed by atoms with Gasteiger partial charge in [-0.2, -0.15) is 0 Å². The van der Waals surface area contributed by atoms with Crippen molar-refractivity contribution in [3.05, 3.63) is 35.9 Å². The smallest absolute Gasteiger partial charge is 0.226 e. The molecule has 62 valence electrons. The van der Waals surface area contributed by atoms with E-state index < -0.39 is 11.0 Å². The maximum atomic E-state index is 11.2. The van der Waals surface area contributed by atoms with Crippen LogP contribution in [0.15, 0.2) is 35.5 Å². The number of hydrogen-bond acceptors (Lipinski definition) is 3. The topological polar surface area (TPSA) is 49.7 Å². The van der Waals surface area contributed by atoms with Crippen LogP contribution in [0.2, 0.25) is 0 Å². The fourth-order valence-corrected chi connectivity index (χ4v) is 0.863. The molecule has 1 N–H and O–H groups in total. The van der Waals surface area contributed by atoms with Crippen molar-refractivity contribution in [3.8, 4) is 0 Å². The third-order valence-corrected chi connectivity index (χ3v) is 1.56. The predicted octanol–water partition coefficient (Wildman–Crippen LogP) is 1.90. The van der Waals surface area contributed by atoms with Gasteiger partial charge in [-0.3, -0.25) is 4.79 Å². The number of halogens is 1. The van der Waals surface area contributed by atoms with Crippen LogP contribution in [0.1, 0.15) is 10.4 Å². The second-order valence-electron chi connectivity index (χ2n) is 2.09. The molecule has 0 saturated carbocycles. The number of ketones is 1. The van der Waals surface area contributed by atoms with Crippen LogP contribution in [0.3, 0.4) is 0 Å². The zero-order valence-corrected chi connectivity index (χ0v) is 6.82. The summed E-state index contributed by atoms with van der Waals surface area (Å²) in [5.74, 6) is -0.486. The molecule has 0 saturated heterocycles. The van der Waals surface area contributed by atoms with Crippen LogP contribution in [-0.2, 0) is 0 Å². The minimum atomic E-state index is -0.486. The Labute approximate surface area is 74.3 Å². The van der Waals surface area contributed by atoms with Crippen molar-refractivity contribution in [1.29, 1.82) is 0 Å². The second kappa shape index (κ2) is 3.88. The van der Waals surface area contributed by atoms with Gasteiger partial charge in [0.1, 0.15) is 0 Å². The number of carbonyl (C=O) groups is 1. The van der Waals surface area contributed by atoms with E-state index in [9.17, 15) is 4.79 Å². The van der Waals surface area contributed by atoms with Gasteiger partial charge in [0, 0.05) is 5.56 Å². The quantitative estimate of drug-likeness (QED) is 0.330. The third kappa shape index (κ3) is 1.83. The molecule has 0 unspecified atom stereocenters. The number of rotatable bonds is 2. The van der Waals surface area contributed by atoms with E-state index in [1.54, 1.807) is 30.3 Å². The Morgan fingerprint density at radius 2 is 1.92 bits per heavy atom. The lowest BCUT2D eigenvalue weighted by atomic mass is 10.1. The number of Topliss-reactive ketones (excluding diaryl/α,β-unsaturated/α-hetero) is 1. The molecule has 0 aliphatic carbocycles. The van der Waals surface area contributed by atoms with Gasteiger partial charge in [-0.05, 0) is 0 Å². The van der Waals surface area contributed by atoms with Crippen molar-refractivity contribution in [2.24, 2.45) is 5.16 Å². The van der Waals surface area contributed by atoms with Crippen molar-refractivity contribution < 1.29 is 10.0 Å². The molecule has 0 radical (unpaired) electrons. The van der Waals surface area contributed by atoms with Gasteiger partial charge in [-0.1, -0.05) is 47.1 Å². The van der Waals surface area contributed by atoms with Crippen LogP contribution >= 0.6 is 11.6 Å². The first-order chi connectivity index (χ1) is 5.75. The second-order valence-corrected chi connectivity index (χ2v) is 2.44. The Kier molecular flexibility index (Phi) is 2.82. The van der Waals surface area contributed by atoms with Gasteiger partial charge in [-0.15, -0.1) is 0 Å². The first-order valence-corrected chi connectivity index (χ1v) is 3.61. The molecule has 0 amide bonds. The molecule has 1 rings (SSSR count). The van der Waals surface area contributed by atoms with Gasteiger partial charge in [0.2, 0.25) is 11.0 Å². The van der Waals surface area contributed by atoms with Crippen molar-refractivity contribution in [2.45, 2.75) is 0 Å². The molecule has 4 heteroatoms. The lowest BCUT2D eigenvalue weighted by Gasteiger charge is -1.94. The number of oxime groups is 1. The largest absolute Gasteiger partial charge is 0.410 e. The van der Waals surface area contributed by atoms with Crippen LogP contribution < -0.4 is 0 Å². The fourth-order valence-electron chi connectivity index (χ4n) is 0.754. The van der Waals surface area contributed by atoms with Gasteiger partial charge in [-0.25, -0.2) is 0 Å². The summed E-state index contributed by atoms with van der Waals surface area (Å²) in [5.41, 5.74) is 0.403. The summed E-state index contributed by atoms with van der Waals surface area (Å²) in [5, 5.41) is 10.4. The molecule has 0 fully saturated rings. The molecular weight excluding hydrogens is 178 g/mol. The molecule has 0 aliphatic heterocycles. The van der Waals surface area contributed by atoms with Crippen molar-refractivity contribution in [3.63, 3.8) is 0 Å².